The summed E-state index contributed by atoms with van der Waals surface area (Å²) in [5, 5.41) is 18.5. The van der Waals surface area contributed by atoms with Crippen molar-refractivity contribution in [3.8, 4) is 0 Å². The molecule has 0 fully saturated rings. The number of carbonyl (C=O) groups excluding carboxylic acids is 3. The van der Waals surface area contributed by atoms with Gasteiger partial charge < -0.3 is 31.8 Å². The molecule has 0 radical (unpaired) electrons. The van der Waals surface area contributed by atoms with Gasteiger partial charge in [0.2, 0.25) is 17.7 Å². The number of aromatic nitrogens is 1. The molecule has 0 aliphatic heterocycles. The number of hydrogen-bond acceptors (Lipinski definition) is 7. The summed E-state index contributed by atoms with van der Waals surface area (Å²) in [6.07, 6.45) is 4.32. The number of nitrogens with one attached hydrogen (secondary N) is 4. The number of fused-ring (bicyclic) bond motifs is 1. The molecule has 1 aromatic heterocycles. The van der Waals surface area contributed by atoms with Crippen LogP contribution in [0.5, 0.6) is 0 Å². The molecule has 204 valence electrons. The summed E-state index contributed by atoms with van der Waals surface area (Å²) >= 11 is 5.55. The first-order valence-electron chi connectivity index (χ1n) is 12.1. The minimum Gasteiger partial charge on any atom is -0.480 e. The lowest BCUT2D eigenvalue weighted by Crippen LogP contribution is -2.58. The number of H-pyrrole nitrogens is 1. The topological polar surface area (TPSA) is 166 Å². The van der Waals surface area contributed by atoms with Gasteiger partial charge in [-0.25, -0.2) is 4.79 Å². The molecule has 1 heterocycles. The maximum atomic E-state index is 13.3. The van der Waals surface area contributed by atoms with Crippen LogP contribution in [0.2, 0.25) is 0 Å². The van der Waals surface area contributed by atoms with E-state index in [0.717, 1.165) is 16.5 Å². The minimum atomic E-state index is -1.15. The average molecular weight is 552 g/mol. The summed E-state index contributed by atoms with van der Waals surface area (Å²) in [6, 6.07) is 3.57. The predicted octanol–water partition coefficient (Wildman–Crippen LogP) is 1.31. The van der Waals surface area contributed by atoms with Gasteiger partial charge in [0.05, 0.1) is 6.04 Å². The number of benzene rings is 1. The molecule has 2 rings (SSSR count). The van der Waals surface area contributed by atoms with Crippen molar-refractivity contribution in [2.45, 2.75) is 57.3 Å². The molecule has 12 heteroatoms. The highest BCUT2D eigenvalue weighted by Crippen LogP contribution is 2.19. The van der Waals surface area contributed by atoms with Gasteiger partial charge in [0.25, 0.3) is 0 Å². The van der Waals surface area contributed by atoms with Gasteiger partial charge in [-0.3, -0.25) is 14.4 Å². The van der Waals surface area contributed by atoms with Crippen molar-refractivity contribution >= 4 is 59.0 Å². The van der Waals surface area contributed by atoms with Gasteiger partial charge in [-0.05, 0) is 42.4 Å². The molecule has 0 saturated carbocycles. The third-order valence-electron chi connectivity index (χ3n) is 5.83. The number of rotatable bonds is 15. The Hall–Kier alpha value is -2.70. The quantitative estimate of drug-likeness (QED) is 0.164. The number of thioether (sulfide) groups is 1. The van der Waals surface area contributed by atoms with E-state index >= 15 is 0 Å². The van der Waals surface area contributed by atoms with Gasteiger partial charge in [-0.2, -0.15) is 24.4 Å². The predicted molar refractivity (Wildman–Crippen MR) is 150 cm³/mol. The fourth-order valence-corrected chi connectivity index (χ4v) is 4.47. The Morgan fingerprint density at radius 1 is 1.03 bits per heavy atom. The Morgan fingerprint density at radius 2 is 1.65 bits per heavy atom. The van der Waals surface area contributed by atoms with Crippen LogP contribution < -0.4 is 21.7 Å². The number of carboxylic acid groups (broad SMARTS) is 1. The van der Waals surface area contributed by atoms with Gasteiger partial charge in [-0.15, -0.1) is 0 Å². The Kier molecular flexibility index (Phi) is 12.3. The molecule has 4 atom stereocenters. The molecule has 37 heavy (non-hydrogen) atoms. The summed E-state index contributed by atoms with van der Waals surface area (Å²) in [5.74, 6) is -2.10. The number of nitrogens with two attached hydrogens (primary N) is 1. The molecule has 0 saturated heterocycles. The second-order valence-corrected chi connectivity index (χ2v) is 10.6. The lowest BCUT2D eigenvalue weighted by molar-refractivity contribution is -0.142. The van der Waals surface area contributed by atoms with Gasteiger partial charge >= 0.3 is 5.97 Å². The number of aromatic amines is 1. The van der Waals surface area contributed by atoms with E-state index in [1.807, 2.05) is 44.4 Å². The maximum absolute atomic E-state index is 13.3. The molecule has 0 aliphatic rings. The van der Waals surface area contributed by atoms with E-state index < -0.39 is 47.9 Å². The first kappa shape index (κ1) is 30.5. The molecular formula is C25H37N5O5S2. The lowest BCUT2D eigenvalue weighted by Gasteiger charge is -2.25. The van der Waals surface area contributed by atoms with Crippen LogP contribution in [0, 0.1) is 5.92 Å². The Bertz CT molecular complexity index is 1080. The number of carbonyl (C=O) groups is 4. The summed E-state index contributed by atoms with van der Waals surface area (Å²) in [4.78, 5) is 53.9. The van der Waals surface area contributed by atoms with Crippen molar-refractivity contribution in [1.82, 2.24) is 20.9 Å². The second kappa shape index (κ2) is 14.9. The molecule has 0 aliphatic carbocycles. The van der Waals surface area contributed by atoms with Crippen LogP contribution in [0.3, 0.4) is 0 Å². The lowest BCUT2D eigenvalue weighted by atomic mass is 10.0. The average Bonchev–Trinajstić information content (AvgIpc) is 3.27. The van der Waals surface area contributed by atoms with Crippen molar-refractivity contribution in [3.63, 3.8) is 0 Å². The molecule has 3 amide bonds. The van der Waals surface area contributed by atoms with Crippen molar-refractivity contribution in [1.29, 1.82) is 0 Å². The second-order valence-electron chi connectivity index (χ2n) is 9.29. The van der Waals surface area contributed by atoms with E-state index in [9.17, 15) is 24.3 Å². The zero-order chi connectivity index (χ0) is 27.5. The van der Waals surface area contributed by atoms with E-state index in [2.05, 4.69) is 33.6 Å². The number of hydrogen-bond donors (Lipinski definition) is 7. The smallest absolute Gasteiger partial charge is 0.326 e. The van der Waals surface area contributed by atoms with E-state index in [4.69, 9.17) is 5.73 Å². The SMILES string of the molecule is CSCCC(NC(=O)C(N)CS)C(=O)NC(Cc1c[nH]c2ccccc12)C(=O)NC(CC(C)C)C(=O)O. The van der Waals surface area contributed by atoms with Gasteiger partial charge in [-0.1, -0.05) is 32.0 Å². The molecule has 4 unspecified atom stereocenters. The molecule has 10 nitrogen and oxygen atoms in total. The van der Waals surface area contributed by atoms with Crippen LogP contribution in [0.25, 0.3) is 10.9 Å². The molecule has 0 bridgehead atoms. The number of para-hydroxylation sites is 1. The van der Waals surface area contributed by atoms with Gasteiger partial charge in [0.15, 0.2) is 0 Å². The minimum absolute atomic E-state index is 0.0326. The van der Waals surface area contributed by atoms with Gasteiger partial charge in [0, 0.05) is 29.3 Å². The number of aliphatic carboxylic acids is 1. The largest absolute Gasteiger partial charge is 0.480 e. The normalized spacial score (nSPS) is 14.5. The number of amides is 3. The van der Waals surface area contributed by atoms with Crippen LogP contribution in [0.15, 0.2) is 30.5 Å². The van der Waals surface area contributed by atoms with E-state index in [1.54, 1.807) is 6.20 Å². The van der Waals surface area contributed by atoms with Crippen molar-refractivity contribution in [2.75, 3.05) is 17.8 Å². The number of thiol groups is 1. The van der Waals surface area contributed by atoms with Crippen molar-refractivity contribution < 1.29 is 24.3 Å². The molecule has 2 aromatic rings. The van der Waals surface area contributed by atoms with Crippen LogP contribution in [0.1, 0.15) is 32.3 Å². The standard InChI is InChI=1S/C25H37N5O5S2/c1-14(2)10-21(25(34)35)30-24(33)20(11-15-12-27-18-7-5-4-6-16(15)18)29-23(32)19(8-9-37-3)28-22(31)17(26)13-36/h4-7,12,14,17,19-21,27,36H,8-11,13,26H2,1-3H3,(H,28,31)(H,29,32)(H,30,33)(H,34,35). The van der Waals surface area contributed by atoms with Crippen molar-refractivity contribution in [2.24, 2.45) is 11.7 Å². The first-order valence-corrected chi connectivity index (χ1v) is 14.1. The van der Waals surface area contributed by atoms with Crippen molar-refractivity contribution in [3.05, 3.63) is 36.0 Å². The zero-order valence-electron chi connectivity index (χ0n) is 21.3. The van der Waals surface area contributed by atoms with Crippen LogP contribution in [-0.2, 0) is 25.6 Å². The van der Waals surface area contributed by atoms with E-state index in [1.165, 1.54) is 11.8 Å². The Balaban J connectivity index is 2.31. The molecule has 7 N–H and O–H groups in total. The zero-order valence-corrected chi connectivity index (χ0v) is 23.0. The fraction of sp³-hybridized carbons (Fsp3) is 0.520. The van der Waals surface area contributed by atoms with Crippen LogP contribution >= 0.6 is 24.4 Å². The number of carboxylic acids is 1. The first-order chi connectivity index (χ1) is 17.6. The summed E-state index contributed by atoms with van der Waals surface area (Å²) in [6.45, 7) is 3.73. The highest BCUT2D eigenvalue weighted by molar-refractivity contribution is 7.98. The maximum Gasteiger partial charge on any atom is 0.326 e. The third-order valence-corrected chi connectivity index (χ3v) is 6.87. The van der Waals surface area contributed by atoms with E-state index in [0.29, 0.717) is 12.2 Å². The summed E-state index contributed by atoms with van der Waals surface area (Å²) < 4.78 is 0. The van der Waals surface area contributed by atoms with Crippen LogP contribution in [-0.4, -0.2) is 75.7 Å². The van der Waals surface area contributed by atoms with Crippen LogP contribution in [0.4, 0.5) is 0 Å². The highest BCUT2D eigenvalue weighted by atomic mass is 32.2. The molecular weight excluding hydrogens is 514 g/mol. The van der Waals surface area contributed by atoms with E-state index in [-0.39, 0.29) is 24.5 Å². The van der Waals surface area contributed by atoms with Gasteiger partial charge in [0.1, 0.15) is 18.1 Å². The summed E-state index contributed by atoms with van der Waals surface area (Å²) in [5.41, 5.74) is 7.42. The molecule has 1 aromatic carbocycles. The Morgan fingerprint density at radius 3 is 2.27 bits per heavy atom. The fourth-order valence-electron chi connectivity index (χ4n) is 3.83. The highest BCUT2D eigenvalue weighted by Gasteiger charge is 2.31. The third kappa shape index (κ3) is 9.28. The monoisotopic (exact) mass is 551 g/mol. The Labute approximate surface area is 226 Å². The molecule has 0 spiro atoms. The summed E-state index contributed by atoms with van der Waals surface area (Å²) in [7, 11) is 0.